The Morgan fingerprint density at radius 1 is 1.16 bits per heavy atom. The maximum atomic E-state index is 10.8. The predicted octanol–water partition coefficient (Wildman–Crippen LogP) is 1.43. The summed E-state index contributed by atoms with van der Waals surface area (Å²) in [6, 6.07) is 0. The second kappa shape index (κ2) is 3.79. The van der Waals surface area contributed by atoms with Gasteiger partial charge in [-0.1, -0.05) is 12.2 Å². The lowest BCUT2D eigenvalue weighted by molar-refractivity contribution is 0.0690. The van der Waals surface area contributed by atoms with Crippen molar-refractivity contribution in [3.63, 3.8) is 0 Å². The molecule has 0 radical (unpaired) electrons. The van der Waals surface area contributed by atoms with E-state index in [4.69, 9.17) is 5.11 Å². The number of carbonyl (C=O) groups is 1. The molecule has 4 rings (SSSR count). The van der Waals surface area contributed by atoms with Crippen LogP contribution in [0.2, 0.25) is 0 Å². The van der Waals surface area contributed by atoms with Crippen LogP contribution in [-0.2, 0) is 0 Å². The Hall–Kier alpha value is -1.91. The summed E-state index contributed by atoms with van der Waals surface area (Å²) >= 11 is 0. The van der Waals surface area contributed by atoms with Gasteiger partial charge in [-0.15, -0.1) is 0 Å². The van der Waals surface area contributed by atoms with Gasteiger partial charge in [0.15, 0.2) is 5.69 Å². The molecule has 0 spiro atoms. The number of allylic oxidation sites excluding steroid dienone is 2. The lowest BCUT2D eigenvalue weighted by atomic mass is 9.86. The van der Waals surface area contributed by atoms with E-state index in [1.807, 2.05) is 0 Å². The highest BCUT2D eigenvalue weighted by molar-refractivity contribution is 5.84. The first-order valence-electron chi connectivity index (χ1n) is 6.71. The van der Waals surface area contributed by atoms with E-state index in [9.17, 15) is 4.79 Å². The van der Waals surface area contributed by atoms with E-state index < -0.39 is 5.97 Å². The molecule has 98 valence electrons. The largest absolute Gasteiger partial charge is 0.476 e. The minimum absolute atomic E-state index is 0.00452. The van der Waals surface area contributed by atoms with Gasteiger partial charge in [-0.3, -0.25) is 0 Å². The molecule has 2 bridgehead atoms. The maximum Gasteiger partial charge on any atom is 0.356 e. The van der Waals surface area contributed by atoms with E-state index in [1.165, 1.54) is 12.6 Å². The zero-order valence-corrected chi connectivity index (χ0v) is 10.4. The van der Waals surface area contributed by atoms with Crippen molar-refractivity contribution in [2.75, 3.05) is 18.0 Å². The second-order valence-corrected chi connectivity index (χ2v) is 5.75. The highest BCUT2D eigenvalue weighted by atomic mass is 16.4. The van der Waals surface area contributed by atoms with Crippen LogP contribution in [0.5, 0.6) is 0 Å². The highest BCUT2D eigenvalue weighted by Gasteiger charge is 2.49. The van der Waals surface area contributed by atoms with Crippen molar-refractivity contribution in [1.82, 2.24) is 9.97 Å². The molecule has 1 aromatic rings. The monoisotopic (exact) mass is 257 g/mol. The summed E-state index contributed by atoms with van der Waals surface area (Å²) in [6.45, 7) is 2.05. The lowest BCUT2D eigenvalue weighted by Gasteiger charge is -2.19. The smallest absolute Gasteiger partial charge is 0.356 e. The summed E-state index contributed by atoms with van der Waals surface area (Å²) in [6.07, 6.45) is 8.99. The Morgan fingerprint density at radius 2 is 1.84 bits per heavy atom. The van der Waals surface area contributed by atoms with Crippen LogP contribution < -0.4 is 4.90 Å². The summed E-state index contributed by atoms with van der Waals surface area (Å²) in [4.78, 5) is 21.2. The quantitative estimate of drug-likeness (QED) is 0.812. The van der Waals surface area contributed by atoms with Crippen LogP contribution in [0.3, 0.4) is 0 Å². The molecule has 5 heteroatoms. The standard InChI is InChI=1S/C14H15N3O2/c18-14(19)12-4-16-13(5-15-12)17-6-10-8-1-2-9(3-8)11(10)7-17/h1-2,4-5,8-11H,3,6-7H2,(H,18,19)/t8?,9?,10-,11+. The Balaban J connectivity index is 1.54. The first kappa shape index (κ1) is 11.0. The molecule has 2 aliphatic carbocycles. The average molecular weight is 257 g/mol. The number of carboxylic acids is 1. The van der Waals surface area contributed by atoms with Crippen LogP contribution in [0.4, 0.5) is 5.82 Å². The molecular formula is C14H15N3O2. The summed E-state index contributed by atoms with van der Waals surface area (Å²) in [5.41, 5.74) is 0.00452. The van der Waals surface area contributed by atoms with Gasteiger partial charge in [-0.2, -0.15) is 0 Å². The van der Waals surface area contributed by atoms with Crippen LogP contribution in [0.25, 0.3) is 0 Å². The average Bonchev–Trinajstić information content (AvgIpc) is 3.11. The third-order valence-electron chi connectivity index (χ3n) is 4.84. The number of nitrogens with zero attached hydrogens (tertiary/aromatic N) is 3. The number of rotatable bonds is 2. The normalized spacial score (nSPS) is 34.8. The first-order chi connectivity index (χ1) is 9.22. The molecule has 4 atom stereocenters. The van der Waals surface area contributed by atoms with Crippen molar-refractivity contribution in [1.29, 1.82) is 0 Å². The van der Waals surface area contributed by atoms with Gasteiger partial charge in [-0.25, -0.2) is 14.8 Å². The molecular weight excluding hydrogens is 242 g/mol. The zero-order valence-electron chi connectivity index (χ0n) is 10.4. The molecule has 2 unspecified atom stereocenters. The Kier molecular flexibility index (Phi) is 2.19. The van der Waals surface area contributed by atoms with Crippen LogP contribution in [-0.4, -0.2) is 34.1 Å². The van der Waals surface area contributed by atoms with Crippen LogP contribution in [0, 0.1) is 23.7 Å². The first-order valence-corrected chi connectivity index (χ1v) is 6.71. The summed E-state index contributed by atoms with van der Waals surface area (Å²) < 4.78 is 0. The molecule has 2 heterocycles. The van der Waals surface area contributed by atoms with Gasteiger partial charge in [0.25, 0.3) is 0 Å². The van der Waals surface area contributed by atoms with E-state index in [0.717, 1.165) is 42.6 Å². The number of anilines is 1. The van der Waals surface area contributed by atoms with Gasteiger partial charge in [0.2, 0.25) is 0 Å². The topological polar surface area (TPSA) is 66.3 Å². The maximum absolute atomic E-state index is 10.8. The van der Waals surface area contributed by atoms with Gasteiger partial charge in [0.05, 0.1) is 12.4 Å². The molecule has 1 N–H and O–H groups in total. The van der Waals surface area contributed by atoms with Crippen molar-refractivity contribution in [3.05, 3.63) is 30.2 Å². The van der Waals surface area contributed by atoms with Gasteiger partial charge in [-0.05, 0) is 30.1 Å². The summed E-state index contributed by atoms with van der Waals surface area (Å²) in [5, 5.41) is 8.83. The van der Waals surface area contributed by atoms with E-state index in [1.54, 1.807) is 6.20 Å². The van der Waals surface area contributed by atoms with Crippen molar-refractivity contribution >= 4 is 11.8 Å². The van der Waals surface area contributed by atoms with Crippen molar-refractivity contribution in [2.24, 2.45) is 23.7 Å². The number of hydrogen-bond acceptors (Lipinski definition) is 4. The van der Waals surface area contributed by atoms with Crippen molar-refractivity contribution < 1.29 is 9.90 Å². The molecule has 2 fully saturated rings. The molecule has 1 aliphatic heterocycles. The number of aromatic nitrogens is 2. The molecule has 0 amide bonds. The third-order valence-corrected chi connectivity index (χ3v) is 4.84. The second-order valence-electron chi connectivity index (χ2n) is 5.75. The number of aromatic carboxylic acids is 1. The SMILES string of the molecule is O=C(O)c1cnc(N2C[C@@H]3C4C=CC(C4)[C@@H]3C2)cn1. The molecule has 1 saturated heterocycles. The highest BCUT2D eigenvalue weighted by Crippen LogP contribution is 2.51. The molecule has 1 saturated carbocycles. The minimum Gasteiger partial charge on any atom is -0.476 e. The van der Waals surface area contributed by atoms with Gasteiger partial charge < -0.3 is 10.0 Å². The van der Waals surface area contributed by atoms with Crippen molar-refractivity contribution in [3.8, 4) is 0 Å². The predicted molar refractivity (Wildman–Crippen MR) is 68.9 cm³/mol. The fraction of sp³-hybridized carbons (Fsp3) is 0.500. The van der Waals surface area contributed by atoms with E-state index in [0.29, 0.717) is 0 Å². The Morgan fingerprint density at radius 3 is 2.37 bits per heavy atom. The zero-order chi connectivity index (χ0) is 13.0. The molecule has 3 aliphatic rings. The van der Waals surface area contributed by atoms with E-state index in [2.05, 4.69) is 27.0 Å². The van der Waals surface area contributed by atoms with Gasteiger partial charge >= 0.3 is 5.97 Å². The van der Waals surface area contributed by atoms with Gasteiger partial charge in [0.1, 0.15) is 5.82 Å². The van der Waals surface area contributed by atoms with E-state index in [-0.39, 0.29) is 5.69 Å². The van der Waals surface area contributed by atoms with Gasteiger partial charge in [0, 0.05) is 13.1 Å². The molecule has 1 aromatic heterocycles. The van der Waals surface area contributed by atoms with Crippen LogP contribution >= 0.6 is 0 Å². The minimum atomic E-state index is -1.03. The Labute approximate surface area is 111 Å². The fourth-order valence-corrected chi connectivity index (χ4v) is 3.93. The number of carboxylic acid groups (broad SMARTS) is 1. The van der Waals surface area contributed by atoms with Crippen LogP contribution in [0.1, 0.15) is 16.9 Å². The lowest BCUT2D eigenvalue weighted by Crippen LogP contribution is -2.23. The van der Waals surface area contributed by atoms with Crippen molar-refractivity contribution in [2.45, 2.75) is 6.42 Å². The third kappa shape index (κ3) is 1.57. The number of fused-ring (bicyclic) bond motifs is 5. The fourth-order valence-electron chi connectivity index (χ4n) is 3.93. The summed E-state index contributed by atoms with van der Waals surface area (Å²) in [5.74, 6) is 2.75. The number of hydrogen-bond donors (Lipinski definition) is 1. The molecule has 0 aromatic carbocycles. The summed E-state index contributed by atoms with van der Waals surface area (Å²) in [7, 11) is 0. The Bertz CT molecular complexity index is 534. The molecule has 19 heavy (non-hydrogen) atoms. The van der Waals surface area contributed by atoms with Crippen LogP contribution in [0.15, 0.2) is 24.5 Å². The molecule has 5 nitrogen and oxygen atoms in total. The van der Waals surface area contributed by atoms with E-state index >= 15 is 0 Å².